The van der Waals surface area contributed by atoms with E-state index in [0.29, 0.717) is 17.3 Å². The Kier molecular flexibility index (Phi) is 2.86. The van der Waals surface area contributed by atoms with Gasteiger partial charge in [0, 0.05) is 12.1 Å². The molecule has 2 aromatic rings. The second-order valence-electron chi connectivity index (χ2n) is 3.16. The summed E-state index contributed by atoms with van der Waals surface area (Å²) in [6.07, 6.45) is 4.48. The highest BCUT2D eigenvalue weighted by molar-refractivity contribution is 6.01. The number of aromatic nitrogens is 1. The molecule has 1 amide bonds. The number of amides is 1. The van der Waals surface area contributed by atoms with E-state index in [2.05, 4.69) is 10.5 Å². The Morgan fingerprint density at radius 1 is 1.56 bits per heavy atom. The molecule has 0 aliphatic rings. The summed E-state index contributed by atoms with van der Waals surface area (Å²) in [5.74, 6) is 1.37. The molecule has 0 spiro atoms. The molecule has 0 unspecified atom stereocenters. The van der Waals surface area contributed by atoms with Gasteiger partial charge in [-0.2, -0.15) is 0 Å². The quantitative estimate of drug-likeness (QED) is 0.802. The second kappa shape index (κ2) is 4.48. The fourth-order valence-electron chi connectivity index (χ4n) is 1.14. The van der Waals surface area contributed by atoms with Gasteiger partial charge in [-0.1, -0.05) is 5.16 Å². The van der Waals surface area contributed by atoms with E-state index in [4.69, 9.17) is 8.94 Å². The molecule has 5 nitrogen and oxygen atoms in total. The summed E-state index contributed by atoms with van der Waals surface area (Å²) in [7, 11) is 0. The Bertz CT molecular complexity index is 497. The van der Waals surface area contributed by atoms with Crippen molar-refractivity contribution in [2.24, 2.45) is 0 Å². The number of anilines is 1. The molecule has 0 aliphatic carbocycles. The number of nitrogens with zero attached hydrogens (tertiary/aromatic N) is 1. The van der Waals surface area contributed by atoms with Gasteiger partial charge in [-0.25, -0.2) is 0 Å². The van der Waals surface area contributed by atoms with Crippen LogP contribution in [-0.4, -0.2) is 11.1 Å². The largest absolute Gasteiger partial charge is 0.465 e. The van der Waals surface area contributed by atoms with Crippen molar-refractivity contribution in [1.29, 1.82) is 0 Å². The number of hydrogen-bond donors (Lipinski definition) is 1. The molecule has 82 valence electrons. The van der Waals surface area contributed by atoms with Crippen LogP contribution in [0.5, 0.6) is 0 Å². The van der Waals surface area contributed by atoms with Crippen LogP contribution in [0.4, 0.5) is 5.82 Å². The van der Waals surface area contributed by atoms with E-state index in [9.17, 15) is 4.79 Å². The Balaban J connectivity index is 1.94. The van der Waals surface area contributed by atoms with Gasteiger partial charge in [0.25, 0.3) is 0 Å². The van der Waals surface area contributed by atoms with E-state index in [-0.39, 0.29) is 5.91 Å². The van der Waals surface area contributed by atoms with Crippen LogP contribution in [0, 0.1) is 6.92 Å². The highest BCUT2D eigenvalue weighted by Crippen LogP contribution is 2.07. The molecule has 2 rings (SSSR count). The lowest BCUT2D eigenvalue weighted by molar-refractivity contribution is -0.111. The molecule has 0 aliphatic heterocycles. The number of hydrogen-bond acceptors (Lipinski definition) is 4. The van der Waals surface area contributed by atoms with Gasteiger partial charge in [0.2, 0.25) is 5.91 Å². The average molecular weight is 218 g/mol. The maximum atomic E-state index is 11.4. The minimum Gasteiger partial charge on any atom is -0.465 e. The second-order valence-corrected chi connectivity index (χ2v) is 3.16. The summed E-state index contributed by atoms with van der Waals surface area (Å²) >= 11 is 0. The van der Waals surface area contributed by atoms with Crippen LogP contribution in [0.1, 0.15) is 11.5 Å². The van der Waals surface area contributed by atoms with Gasteiger partial charge in [-0.15, -0.1) is 0 Å². The lowest BCUT2D eigenvalue weighted by Gasteiger charge is -1.93. The smallest absolute Gasteiger partial charge is 0.249 e. The monoisotopic (exact) mass is 218 g/mol. The van der Waals surface area contributed by atoms with Crippen LogP contribution < -0.4 is 5.32 Å². The standard InChI is InChI=1S/C11H10N2O3/c1-8-7-10(13-16-8)12-11(14)5-4-9-3-2-6-15-9/h2-7H,1H3,(H,12,13,14). The van der Waals surface area contributed by atoms with Crippen LogP contribution >= 0.6 is 0 Å². The molecule has 1 N–H and O–H groups in total. The number of carbonyl (C=O) groups excluding carboxylic acids is 1. The molecule has 2 heterocycles. The molecular weight excluding hydrogens is 208 g/mol. The summed E-state index contributed by atoms with van der Waals surface area (Å²) in [6, 6.07) is 5.14. The van der Waals surface area contributed by atoms with E-state index in [1.165, 1.54) is 6.08 Å². The Hall–Kier alpha value is -2.30. The summed E-state index contributed by atoms with van der Waals surface area (Å²) in [5, 5.41) is 6.19. The van der Waals surface area contributed by atoms with Gasteiger partial charge in [-0.3, -0.25) is 4.79 Å². The van der Waals surface area contributed by atoms with Crippen molar-refractivity contribution in [3.8, 4) is 0 Å². The summed E-state index contributed by atoms with van der Waals surface area (Å²) in [4.78, 5) is 11.4. The number of aryl methyl sites for hydroxylation is 1. The zero-order chi connectivity index (χ0) is 11.4. The van der Waals surface area contributed by atoms with E-state index in [1.54, 1.807) is 37.5 Å². The Morgan fingerprint density at radius 3 is 3.06 bits per heavy atom. The molecule has 0 bridgehead atoms. The van der Waals surface area contributed by atoms with Crippen molar-refractivity contribution >= 4 is 17.8 Å². The first-order chi connectivity index (χ1) is 7.74. The van der Waals surface area contributed by atoms with Crippen LogP contribution in [0.3, 0.4) is 0 Å². The highest BCUT2D eigenvalue weighted by Gasteiger charge is 2.02. The van der Waals surface area contributed by atoms with Crippen molar-refractivity contribution in [3.63, 3.8) is 0 Å². The van der Waals surface area contributed by atoms with Crippen LogP contribution in [-0.2, 0) is 4.79 Å². The van der Waals surface area contributed by atoms with Gasteiger partial charge in [0.05, 0.1) is 6.26 Å². The first-order valence-corrected chi connectivity index (χ1v) is 4.70. The zero-order valence-electron chi connectivity index (χ0n) is 8.64. The van der Waals surface area contributed by atoms with Crippen LogP contribution in [0.25, 0.3) is 6.08 Å². The van der Waals surface area contributed by atoms with E-state index in [1.807, 2.05) is 0 Å². The zero-order valence-corrected chi connectivity index (χ0v) is 8.64. The van der Waals surface area contributed by atoms with E-state index < -0.39 is 0 Å². The van der Waals surface area contributed by atoms with Crippen molar-refractivity contribution in [2.45, 2.75) is 6.92 Å². The summed E-state index contributed by atoms with van der Waals surface area (Å²) in [5.41, 5.74) is 0. The molecule has 2 aromatic heterocycles. The summed E-state index contributed by atoms with van der Waals surface area (Å²) in [6.45, 7) is 1.75. The molecule has 0 radical (unpaired) electrons. The van der Waals surface area contributed by atoms with Crippen LogP contribution in [0.2, 0.25) is 0 Å². The van der Waals surface area contributed by atoms with Gasteiger partial charge in [0.15, 0.2) is 5.82 Å². The number of carbonyl (C=O) groups is 1. The minimum atomic E-state index is -0.287. The maximum Gasteiger partial charge on any atom is 0.249 e. The first kappa shape index (κ1) is 10.2. The Labute approximate surface area is 91.7 Å². The highest BCUT2D eigenvalue weighted by atomic mass is 16.5. The van der Waals surface area contributed by atoms with Gasteiger partial charge >= 0.3 is 0 Å². The first-order valence-electron chi connectivity index (χ1n) is 4.70. The minimum absolute atomic E-state index is 0.287. The molecule has 0 fully saturated rings. The lowest BCUT2D eigenvalue weighted by atomic mass is 10.4. The molecule has 5 heteroatoms. The van der Waals surface area contributed by atoms with E-state index in [0.717, 1.165) is 0 Å². The molecule has 0 saturated heterocycles. The molecule has 0 aromatic carbocycles. The molecule has 0 atom stereocenters. The topological polar surface area (TPSA) is 68.3 Å². The van der Waals surface area contributed by atoms with Crippen molar-refractivity contribution in [3.05, 3.63) is 42.1 Å². The van der Waals surface area contributed by atoms with Crippen LogP contribution in [0.15, 0.2) is 39.5 Å². The third-order valence-corrected chi connectivity index (χ3v) is 1.82. The Morgan fingerprint density at radius 2 is 2.44 bits per heavy atom. The van der Waals surface area contributed by atoms with Crippen molar-refractivity contribution in [1.82, 2.24) is 5.16 Å². The van der Waals surface area contributed by atoms with Crippen molar-refractivity contribution in [2.75, 3.05) is 5.32 Å². The summed E-state index contributed by atoms with van der Waals surface area (Å²) < 4.78 is 9.85. The van der Waals surface area contributed by atoms with Gasteiger partial charge in [-0.05, 0) is 25.1 Å². The molecular formula is C11H10N2O3. The third-order valence-electron chi connectivity index (χ3n) is 1.82. The number of furan rings is 1. The van der Waals surface area contributed by atoms with Gasteiger partial charge in [0.1, 0.15) is 11.5 Å². The number of rotatable bonds is 3. The van der Waals surface area contributed by atoms with Gasteiger partial charge < -0.3 is 14.3 Å². The average Bonchev–Trinajstić information content (AvgIpc) is 2.87. The third kappa shape index (κ3) is 2.60. The van der Waals surface area contributed by atoms with Crippen molar-refractivity contribution < 1.29 is 13.7 Å². The predicted octanol–water partition coefficient (Wildman–Crippen LogP) is 2.23. The molecule has 0 saturated carbocycles. The fraction of sp³-hybridized carbons (Fsp3) is 0.0909. The maximum absolute atomic E-state index is 11.4. The van der Waals surface area contributed by atoms with E-state index >= 15 is 0 Å². The number of nitrogens with one attached hydrogen (secondary N) is 1. The fourth-order valence-corrected chi connectivity index (χ4v) is 1.14. The SMILES string of the molecule is Cc1cc(NC(=O)C=Cc2ccco2)no1. The normalized spacial score (nSPS) is 10.8. The molecule has 16 heavy (non-hydrogen) atoms. The lowest BCUT2D eigenvalue weighted by Crippen LogP contribution is -2.07. The predicted molar refractivity (Wildman–Crippen MR) is 57.6 cm³/mol.